The third kappa shape index (κ3) is 3.60. The number of nitrogens with two attached hydrogens (primary N) is 1. The van der Waals surface area contributed by atoms with Crippen LogP contribution >= 0.6 is 0 Å². The number of carbonyl (C=O) groups is 1. The van der Waals surface area contributed by atoms with Crippen LogP contribution in [0.4, 0.5) is 5.82 Å². The zero-order valence-electron chi connectivity index (χ0n) is 15.3. The van der Waals surface area contributed by atoms with Gasteiger partial charge in [0.2, 0.25) is 0 Å². The highest BCUT2D eigenvalue weighted by Crippen LogP contribution is 2.40. The molecule has 1 saturated carbocycles. The van der Waals surface area contributed by atoms with Crippen molar-refractivity contribution < 1.29 is 9.32 Å². The Kier molecular flexibility index (Phi) is 4.81. The lowest BCUT2D eigenvalue weighted by molar-refractivity contribution is 0.0944. The molecule has 0 aliphatic heterocycles. The first-order valence-electron chi connectivity index (χ1n) is 9.25. The molecule has 2 aromatic heterocycles. The Hall–Kier alpha value is -3.60. The van der Waals surface area contributed by atoms with E-state index in [4.69, 9.17) is 10.3 Å². The molecule has 0 radical (unpaired) electrons. The number of para-hydroxylation sites is 1. The molecule has 0 spiro atoms. The van der Waals surface area contributed by atoms with Crippen LogP contribution in [0.2, 0.25) is 0 Å². The normalized spacial score (nSPS) is 13.2. The van der Waals surface area contributed by atoms with E-state index in [0.29, 0.717) is 48.1 Å². The molecule has 0 atom stereocenters. The zero-order valence-corrected chi connectivity index (χ0v) is 15.3. The number of nitrogens with zero attached hydrogens (tertiary/aromatic N) is 4. The Morgan fingerprint density at radius 2 is 2.14 bits per heavy atom. The second-order valence-electron chi connectivity index (χ2n) is 6.81. The summed E-state index contributed by atoms with van der Waals surface area (Å²) in [5.41, 5.74) is 8.20. The van der Waals surface area contributed by atoms with Gasteiger partial charge in [0.25, 0.3) is 5.91 Å². The van der Waals surface area contributed by atoms with Gasteiger partial charge in [0.05, 0.1) is 11.4 Å². The fourth-order valence-corrected chi connectivity index (χ4v) is 3.05. The number of nitriles is 1. The van der Waals surface area contributed by atoms with E-state index in [2.05, 4.69) is 21.6 Å². The van der Waals surface area contributed by atoms with Gasteiger partial charge in [-0.2, -0.15) is 10.4 Å². The van der Waals surface area contributed by atoms with Crippen molar-refractivity contribution in [1.82, 2.24) is 20.3 Å². The van der Waals surface area contributed by atoms with Crippen molar-refractivity contribution in [2.24, 2.45) is 0 Å². The summed E-state index contributed by atoms with van der Waals surface area (Å²) in [4.78, 5) is 12.2. The lowest BCUT2D eigenvalue weighted by Crippen LogP contribution is -2.25. The van der Waals surface area contributed by atoms with Crippen LogP contribution < -0.4 is 11.1 Å². The molecule has 28 heavy (non-hydrogen) atoms. The largest absolute Gasteiger partial charge is 0.382 e. The predicted octanol–water partition coefficient (Wildman–Crippen LogP) is 2.55. The van der Waals surface area contributed by atoms with E-state index in [1.807, 2.05) is 30.3 Å². The Bertz CT molecular complexity index is 1030. The number of amides is 1. The van der Waals surface area contributed by atoms with Crippen LogP contribution in [0.15, 0.2) is 40.9 Å². The standard InChI is InChI=1S/C20H20N6O2/c21-12-15-16(24-26(19(15)22)14-5-2-1-3-6-14)7-4-10-23-20(27)17-11-18(28-25-17)13-8-9-13/h1-3,5-6,11,13H,4,7-10,22H2,(H,23,27). The van der Waals surface area contributed by atoms with Gasteiger partial charge in [-0.25, -0.2) is 4.68 Å². The minimum Gasteiger partial charge on any atom is -0.382 e. The molecule has 8 heteroatoms. The second kappa shape index (κ2) is 7.56. The number of benzene rings is 1. The maximum absolute atomic E-state index is 12.2. The van der Waals surface area contributed by atoms with Gasteiger partial charge in [-0.15, -0.1) is 0 Å². The maximum atomic E-state index is 12.2. The molecule has 0 unspecified atom stereocenters. The summed E-state index contributed by atoms with van der Waals surface area (Å²) >= 11 is 0. The highest BCUT2D eigenvalue weighted by Gasteiger charge is 2.28. The van der Waals surface area contributed by atoms with Gasteiger partial charge in [-0.3, -0.25) is 4.79 Å². The number of aryl methyl sites for hydroxylation is 1. The molecular formula is C20H20N6O2. The van der Waals surface area contributed by atoms with E-state index in [1.54, 1.807) is 10.7 Å². The lowest BCUT2D eigenvalue weighted by atomic mass is 10.1. The van der Waals surface area contributed by atoms with Crippen molar-refractivity contribution in [2.45, 2.75) is 31.6 Å². The van der Waals surface area contributed by atoms with E-state index < -0.39 is 0 Å². The Morgan fingerprint density at radius 3 is 2.86 bits per heavy atom. The number of anilines is 1. The van der Waals surface area contributed by atoms with Crippen molar-refractivity contribution in [3.63, 3.8) is 0 Å². The number of hydrogen-bond acceptors (Lipinski definition) is 6. The number of hydrogen-bond donors (Lipinski definition) is 2. The van der Waals surface area contributed by atoms with Crippen LogP contribution in [0.25, 0.3) is 5.69 Å². The van der Waals surface area contributed by atoms with Crippen LogP contribution in [-0.4, -0.2) is 27.4 Å². The van der Waals surface area contributed by atoms with Crippen LogP contribution in [0, 0.1) is 11.3 Å². The lowest BCUT2D eigenvalue weighted by Gasteiger charge is -2.03. The van der Waals surface area contributed by atoms with Gasteiger partial charge in [-0.05, 0) is 37.8 Å². The van der Waals surface area contributed by atoms with Gasteiger partial charge in [0, 0.05) is 18.5 Å². The summed E-state index contributed by atoms with van der Waals surface area (Å²) in [6.07, 6.45) is 3.34. The second-order valence-corrected chi connectivity index (χ2v) is 6.81. The molecule has 8 nitrogen and oxygen atoms in total. The molecule has 4 rings (SSSR count). The summed E-state index contributed by atoms with van der Waals surface area (Å²) in [5.74, 6) is 1.27. The minimum absolute atomic E-state index is 0.259. The van der Waals surface area contributed by atoms with Crippen LogP contribution in [-0.2, 0) is 6.42 Å². The first kappa shape index (κ1) is 17.8. The third-order valence-electron chi connectivity index (χ3n) is 4.72. The number of aromatic nitrogens is 3. The monoisotopic (exact) mass is 376 g/mol. The van der Waals surface area contributed by atoms with Gasteiger partial charge >= 0.3 is 0 Å². The molecule has 1 aliphatic carbocycles. The minimum atomic E-state index is -0.259. The van der Waals surface area contributed by atoms with Crippen molar-refractivity contribution in [1.29, 1.82) is 5.26 Å². The summed E-state index contributed by atoms with van der Waals surface area (Å²) in [5, 5.41) is 20.6. The van der Waals surface area contributed by atoms with E-state index in [-0.39, 0.29) is 5.91 Å². The summed E-state index contributed by atoms with van der Waals surface area (Å²) in [6.45, 7) is 0.438. The fourth-order valence-electron chi connectivity index (χ4n) is 3.05. The van der Waals surface area contributed by atoms with Crippen molar-refractivity contribution in [3.05, 3.63) is 59.1 Å². The molecular weight excluding hydrogens is 356 g/mol. The molecule has 142 valence electrons. The SMILES string of the molecule is N#Cc1c(CCCNC(=O)c2cc(C3CC3)on2)nn(-c2ccccc2)c1N. The summed E-state index contributed by atoms with van der Waals surface area (Å²) in [7, 11) is 0. The number of carbonyl (C=O) groups excluding carboxylic acids is 1. The molecule has 1 amide bonds. The smallest absolute Gasteiger partial charge is 0.273 e. The average molecular weight is 376 g/mol. The number of nitrogen functional groups attached to an aromatic ring is 1. The van der Waals surface area contributed by atoms with Crippen LogP contribution in [0.1, 0.15) is 52.7 Å². The molecule has 0 bridgehead atoms. The molecule has 1 aliphatic rings. The molecule has 2 heterocycles. The maximum Gasteiger partial charge on any atom is 0.273 e. The van der Waals surface area contributed by atoms with Crippen molar-refractivity contribution in [2.75, 3.05) is 12.3 Å². The summed E-state index contributed by atoms with van der Waals surface area (Å²) in [6, 6.07) is 13.3. The van der Waals surface area contributed by atoms with Crippen molar-refractivity contribution in [3.8, 4) is 11.8 Å². The topological polar surface area (TPSA) is 123 Å². The molecule has 0 saturated heterocycles. The van der Waals surface area contributed by atoms with E-state index >= 15 is 0 Å². The molecule has 1 aromatic carbocycles. The molecule has 1 fully saturated rings. The number of rotatable bonds is 7. The van der Waals surface area contributed by atoms with Gasteiger partial charge in [0.15, 0.2) is 5.69 Å². The van der Waals surface area contributed by atoms with Gasteiger partial charge < -0.3 is 15.6 Å². The van der Waals surface area contributed by atoms with Crippen LogP contribution in [0.5, 0.6) is 0 Å². The average Bonchev–Trinajstić information content (AvgIpc) is 3.36. The highest BCUT2D eigenvalue weighted by atomic mass is 16.5. The number of nitrogens with one attached hydrogen (secondary N) is 1. The Morgan fingerprint density at radius 1 is 1.36 bits per heavy atom. The highest BCUT2D eigenvalue weighted by molar-refractivity contribution is 5.92. The fraction of sp³-hybridized carbons (Fsp3) is 0.300. The first-order chi connectivity index (χ1) is 13.7. The summed E-state index contributed by atoms with van der Waals surface area (Å²) < 4.78 is 6.77. The van der Waals surface area contributed by atoms with Gasteiger partial charge in [0.1, 0.15) is 23.2 Å². The van der Waals surface area contributed by atoms with E-state index in [9.17, 15) is 10.1 Å². The van der Waals surface area contributed by atoms with E-state index in [0.717, 1.165) is 24.3 Å². The zero-order chi connectivity index (χ0) is 19.5. The third-order valence-corrected chi connectivity index (χ3v) is 4.72. The molecule has 3 N–H and O–H groups in total. The first-order valence-corrected chi connectivity index (χ1v) is 9.25. The van der Waals surface area contributed by atoms with Gasteiger partial charge in [-0.1, -0.05) is 23.4 Å². The molecule has 3 aromatic rings. The predicted molar refractivity (Wildman–Crippen MR) is 102 cm³/mol. The van der Waals surface area contributed by atoms with E-state index in [1.165, 1.54) is 0 Å². The van der Waals surface area contributed by atoms with Crippen LogP contribution in [0.3, 0.4) is 0 Å². The Balaban J connectivity index is 1.35. The van der Waals surface area contributed by atoms with Crippen molar-refractivity contribution >= 4 is 11.7 Å². The quantitative estimate of drug-likeness (QED) is 0.611. The Labute approximate surface area is 161 Å².